The van der Waals surface area contributed by atoms with E-state index in [0.29, 0.717) is 0 Å². The lowest BCUT2D eigenvalue weighted by Crippen LogP contribution is -2.27. The topological polar surface area (TPSA) is 20.2 Å². The van der Waals surface area contributed by atoms with Crippen LogP contribution in [0.25, 0.3) is 0 Å². The van der Waals surface area contributed by atoms with Crippen LogP contribution in [0.5, 0.6) is 0 Å². The van der Waals surface area contributed by atoms with E-state index in [1.54, 1.807) is 0 Å². The largest absolute Gasteiger partial charge is 0.393 e. The number of hydrogen-bond acceptors (Lipinski definition) is 1. The number of aliphatic hydroxyl groups is 1. The molecule has 1 fully saturated rings. The average Bonchev–Trinajstić information content (AvgIpc) is 1.98. The van der Waals surface area contributed by atoms with Crippen molar-refractivity contribution >= 4 is 0 Å². The molecule has 0 saturated heterocycles. The molecule has 1 heteroatoms. The molecular weight excluding hydrogens is 148 g/mol. The Morgan fingerprint density at radius 3 is 2.83 bits per heavy atom. The summed E-state index contributed by atoms with van der Waals surface area (Å²) in [4.78, 5) is 0. The molecule has 1 aliphatic carbocycles. The van der Waals surface area contributed by atoms with E-state index < -0.39 is 0 Å². The van der Waals surface area contributed by atoms with Crippen molar-refractivity contribution in [2.45, 2.75) is 39.2 Å². The molecular formula is C11H18O. The third-order valence-electron chi connectivity index (χ3n) is 2.75. The molecule has 68 valence electrons. The molecule has 0 spiro atoms. The summed E-state index contributed by atoms with van der Waals surface area (Å²) in [7, 11) is 0. The lowest BCUT2D eigenvalue weighted by molar-refractivity contribution is 0.117. The van der Waals surface area contributed by atoms with Gasteiger partial charge in [-0.25, -0.2) is 0 Å². The highest BCUT2D eigenvalue weighted by Crippen LogP contribution is 2.39. The minimum atomic E-state index is -0.135. The van der Waals surface area contributed by atoms with Gasteiger partial charge >= 0.3 is 0 Å². The third-order valence-corrected chi connectivity index (χ3v) is 2.75. The van der Waals surface area contributed by atoms with E-state index >= 15 is 0 Å². The van der Waals surface area contributed by atoms with Gasteiger partial charge in [-0.15, -0.1) is 0 Å². The second-order valence-corrected chi connectivity index (χ2v) is 4.21. The summed E-state index contributed by atoms with van der Waals surface area (Å²) in [5.41, 5.74) is 1.59. The van der Waals surface area contributed by atoms with Gasteiger partial charge in [0.05, 0.1) is 6.10 Å². The minimum Gasteiger partial charge on any atom is -0.393 e. The first kappa shape index (κ1) is 9.53. The third kappa shape index (κ3) is 1.98. The van der Waals surface area contributed by atoms with E-state index in [1.807, 2.05) is 12.2 Å². The van der Waals surface area contributed by atoms with Gasteiger partial charge in [-0.2, -0.15) is 0 Å². The van der Waals surface area contributed by atoms with Crippen molar-refractivity contribution in [3.63, 3.8) is 0 Å². The van der Waals surface area contributed by atoms with E-state index in [2.05, 4.69) is 20.4 Å². The number of aliphatic hydroxyl groups excluding tert-OH is 1. The average molecular weight is 166 g/mol. The van der Waals surface area contributed by atoms with Crippen molar-refractivity contribution in [3.8, 4) is 0 Å². The van der Waals surface area contributed by atoms with Crippen molar-refractivity contribution in [1.82, 2.24) is 0 Å². The molecule has 0 heterocycles. The quantitative estimate of drug-likeness (QED) is 0.635. The Balaban J connectivity index is 2.78. The molecule has 1 N–H and O–H groups in total. The maximum absolute atomic E-state index is 9.46. The van der Waals surface area contributed by atoms with Gasteiger partial charge < -0.3 is 5.11 Å². The van der Waals surface area contributed by atoms with Crippen molar-refractivity contribution in [3.05, 3.63) is 24.3 Å². The smallest absolute Gasteiger partial charge is 0.0578 e. The van der Waals surface area contributed by atoms with E-state index in [4.69, 9.17) is 0 Å². The Bertz CT molecular complexity index is 201. The van der Waals surface area contributed by atoms with E-state index in [9.17, 15) is 5.11 Å². The Labute approximate surface area is 74.8 Å². The molecule has 0 aromatic carbocycles. The van der Waals surface area contributed by atoms with Gasteiger partial charge in [0.25, 0.3) is 0 Å². The first-order valence-corrected chi connectivity index (χ1v) is 4.56. The fourth-order valence-corrected chi connectivity index (χ4v) is 1.76. The van der Waals surface area contributed by atoms with Gasteiger partial charge in [-0.1, -0.05) is 38.2 Å². The summed E-state index contributed by atoms with van der Waals surface area (Å²) in [5.74, 6) is 0. The lowest BCUT2D eigenvalue weighted by atomic mass is 9.72. The summed E-state index contributed by atoms with van der Waals surface area (Å²) < 4.78 is 0. The van der Waals surface area contributed by atoms with Crippen LogP contribution >= 0.6 is 0 Å². The predicted octanol–water partition coefficient (Wildman–Crippen LogP) is 2.67. The Kier molecular flexibility index (Phi) is 2.73. The van der Waals surface area contributed by atoms with Crippen molar-refractivity contribution < 1.29 is 5.11 Å². The van der Waals surface area contributed by atoms with Gasteiger partial charge in [0, 0.05) is 0 Å². The molecule has 0 unspecified atom stereocenters. The molecule has 0 bridgehead atoms. The van der Waals surface area contributed by atoms with Gasteiger partial charge in [0.1, 0.15) is 0 Å². The molecule has 0 aromatic rings. The maximum atomic E-state index is 9.46. The lowest BCUT2D eigenvalue weighted by Gasteiger charge is -2.35. The molecule has 12 heavy (non-hydrogen) atoms. The first-order chi connectivity index (χ1) is 5.56. The van der Waals surface area contributed by atoms with Gasteiger partial charge in [-0.3, -0.25) is 0 Å². The summed E-state index contributed by atoms with van der Waals surface area (Å²) in [6.45, 7) is 8.15. The van der Waals surface area contributed by atoms with E-state index in [-0.39, 0.29) is 11.5 Å². The Hall–Kier alpha value is -0.560. The van der Waals surface area contributed by atoms with Gasteiger partial charge in [0.2, 0.25) is 0 Å². The second kappa shape index (κ2) is 3.44. The molecule has 1 atom stereocenters. The summed E-state index contributed by atoms with van der Waals surface area (Å²) in [5, 5.41) is 9.46. The van der Waals surface area contributed by atoms with Crippen LogP contribution in [0, 0.1) is 5.41 Å². The summed E-state index contributed by atoms with van der Waals surface area (Å²) in [6, 6.07) is 0. The summed E-state index contributed by atoms with van der Waals surface area (Å²) in [6.07, 6.45) is 6.55. The minimum absolute atomic E-state index is 0.135. The SMILES string of the molecule is C=C/C=C1/C[C@@H](O)CCC1(C)C. The first-order valence-electron chi connectivity index (χ1n) is 4.56. The van der Waals surface area contributed by atoms with Crippen LogP contribution in [0.1, 0.15) is 33.1 Å². The van der Waals surface area contributed by atoms with Crippen LogP contribution < -0.4 is 0 Å². The molecule has 0 amide bonds. The highest BCUT2D eigenvalue weighted by Gasteiger charge is 2.29. The zero-order chi connectivity index (χ0) is 9.19. The number of allylic oxidation sites excluding steroid dienone is 2. The molecule has 1 saturated carbocycles. The van der Waals surface area contributed by atoms with Crippen LogP contribution in [0.15, 0.2) is 24.3 Å². The van der Waals surface area contributed by atoms with Crippen molar-refractivity contribution in [2.75, 3.05) is 0 Å². The molecule has 0 aliphatic heterocycles. The normalized spacial score (nSPS) is 31.9. The molecule has 1 nitrogen and oxygen atoms in total. The second-order valence-electron chi connectivity index (χ2n) is 4.21. The van der Waals surface area contributed by atoms with E-state index in [1.165, 1.54) is 5.57 Å². The molecule has 0 radical (unpaired) electrons. The molecule has 0 aromatic heterocycles. The molecule has 1 rings (SSSR count). The Morgan fingerprint density at radius 1 is 1.58 bits per heavy atom. The van der Waals surface area contributed by atoms with Crippen LogP contribution in [-0.2, 0) is 0 Å². The van der Waals surface area contributed by atoms with Gasteiger partial charge in [-0.05, 0) is 24.7 Å². The van der Waals surface area contributed by atoms with Gasteiger partial charge in [0.15, 0.2) is 0 Å². The predicted molar refractivity (Wildman–Crippen MR) is 51.9 cm³/mol. The number of rotatable bonds is 1. The van der Waals surface area contributed by atoms with Crippen LogP contribution in [0.2, 0.25) is 0 Å². The van der Waals surface area contributed by atoms with Crippen molar-refractivity contribution in [2.24, 2.45) is 5.41 Å². The highest BCUT2D eigenvalue weighted by atomic mass is 16.3. The highest BCUT2D eigenvalue weighted by molar-refractivity contribution is 5.20. The fraction of sp³-hybridized carbons (Fsp3) is 0.636. The summed E-state index contributed by atoms with van der Waals surface area (Å²) >= 11 is 0. The van der Waals surface area contributed by atoms with Crippen LogP contribution in [0.3, 0.4) is 0 Å². The number of hydrogen-bond donors (Lipinski definition) is 1. The Morgan fingerprint density at radius 2 is 2.25 bits per heavy atom. The standard InChI is InChI=1S/C11H18O/c1-4-5-9-8-10(12)6-7-11(9,2)3/h4-5,10,12H,1,6-8H2,2-3H3/b9-5-/t10-/m0/s1. The monoisotopic (exact) mass is 166 g/mol. The fourth-order valence-electron chi connectivity index (χ4n) is 1.76. The van der Waals surface area contributed by atoms with Crippen molar-refractivity contribution in [1.29, 1.82) is 0 Å². The maximum Gasteiger partial charge on any atom is 0.0578 e. The van der Waals surface area contributed by atoms with Crippen LogP contribution in [0.4, 0.5) is 0 Å². The zero-order valence-electron chi connectivity index (χ0n) is 8.01. The molecule has 1 aliphatic rings. The zero-order valence-corrected chi connectivity index (χ0v) is 8.01. The van der Waals surface area contributed by atoms with E-state index in [0.717, 1.165) is 19.3 Å². The van der Waals surface area contributed by atoms with Crippen LogP contribution in [-0.4, -0.2) is 11.2 Å².